The number of hydrogen-bond acceptors (Lipinski definition) is 5. The molecule has 2 aliphatic rings. The van der Waals surface area contributed by atoms with Gasteiger partial charge in [0, 0.05) is 16.3 Å². The van der Waals surface area contributed by atoms with Crippen molar-refractivity contribution in [1.29, 1.82) is 0 Å². The number of amides is 1. The van der Waals surface area contributed by atoms with Crippen LogP contribution in [0.15, 0.2) is 90.5 Å². The zero-order valence-electron chi connectivity index (χ0n) is 18.3. The summed E-state index contributed by atoms with van der Waals surface area (Å²) >= 11 is 6.24. The average molecular weight is 484 g/mol. The van der Waals surface area contributed by atoms with Crippen LogP contribution in [-0.4, -0.2) is 23.6 Å². The fourth-order valence-corrected chi connectivity index (χ4v) is 4.89. The molecule has 0 spiro atoms. The van der Waals surface area contributed by atoms with Gasteiger partial charge >= 0.3 is 0 Å². The zero-order chi connectivity index (χ0) is 24.1. The molecule has 4 aromatic rings. The Morgan fingerprint density at radius 1 is 0.886 bits per heavy atom. The Morgan fingerprint density at radius 3 is 2.51 bits per heavy atom. The van der Waals surface area contributed by atoms with Crippen molar-refractivity contribution in [2.45, 2.75) is 6.04 Å². The van der Waals surface area contributed by atoms with E-state index in [2.05, 4.69) is 0 Å². The number of rotatable bonds is 3. The van der Waals surface area contributed by atoms with Crippen molar-refractivity contribution in [2.75, 3.05) is 11.7 Å². The molecule has 6 rings (SSSR count). The molecule has 1 atom stereocenters. The van der Waals surface area contributed by atoms with Gasteiger partial charge in [0.25, 0.3) is 11.7 Å². The highest BCUT2D eigenvalue weighted by molar-refractivity contribution is 6.52. The van der Waals surface area contributed by atoms with E-state index in [4.69, 9.17) is 21.1 Å². The van der Waals surface area contributed by atoms with Crippen molar-refractivity contribution < 1.29 is 24.2 Å². The predicted molar refractivity (Wildman–Crippen MR) is 133 cm³/mol. The maximum Gasteiger partial charge on any atom is 0.300 e. The molecule has 1 unspecified atom stereocenters. The summed E-state index contributed by atoms with van der Waals surface area (Å²) in [6.07, 6.45) is 0. The van der Waals surface area contributed by atoms with Gasteiger partial charge in [0.15, 0.2) is 11.5 Å². The normalized spacial score (nSPS) is 18.4. The van der Waals surface area contributed by atoms with Crippen LogP contribution in [0, 0.1) is 0 Å². The topological polar surface area (TPSA) is 76.1 Å². The van der Waals surface area contributed by atoms with Gasteiger partial charge in [-0.15, -0.1) is 0 Å². The molecule has 0 aliphatic carbocycles. The van der Waals surface area contributed by atoms with Crippen LogP contribution >= 0.6 is 11.6 Å². The Morgan fingerprint density at radius 2 is 1.66 bits per heavy atom. The summed E-state index contributed by atoms with van der Waals surface area (Å²) in [6, 6.07) is 24.2. The van der Waals surface area contributed by atoms with Gasteiger partial charge < -0.3 is 14.6 Å². The second-order valence-electron chi connectivity index (χ2n) is 8.29. The molecule has 0 radical (unpaired) electrons. The Hall–Kier alpha value is -4.29. The number of ether oxygens (including phenoxy) is 2. The molecular formula is C28H18ClNO5. The highest BCUT2D eigenvalue weighted by Crippen LogP contribution is 2.45. The highest BCUT2D eigenvalue weighted by Gasteiger charge is 2.47. The minimum absolute atomic E-state index is 0.00908. The summed E-state index contributed by atoms with van der Waals surface area (Å²) in [7, 11) is 0. The molecule has 1 fully saturated rings. The van der Waals surface area contributed by atoms with E-state index in [1.54, 1.807) is 42.5 Å². The first kappa shape index (κ1) is 21.3. The number of nitrogens with zero attached hydrogens (tertiary/aromatic N) is 1. The lowest BCUT2D eigenvalue weighted by molar-refractivity contribution is -0.132. The second kappa shape index (κ2) is 8.18. The number of fused-ring (bicyclic) bond motifs is 2. The van der Waals surface area contributed by atoms with Crippen molar-refractivity contribution in [1.82, 2.24) is 0 Å². The first-order valence-electron chi connectivity index (χ1n) is 11.0. The van der Waals surface area contributed by atoms with E-state index in [0.29, 0.717) is 33.3 Å². The molecule has 2 heterocycles. The molecule has 1 saturated heterocycles. The Bertz CT molecular complexity index is 1560. The van der Waals surface area contributed by atoms with Crippen LogP contribution in [-0.2, 0) is 9.59 Å². The number of benzene rings is 4. The van der Waals surface area contributed by atoms with E-state index in [9.17, 15) is 14.7 Å². The van der Waals surface area contributed by atoms with Crippen LogP contribution in [0.3, 0.4) is 0 Å². The number of Topliss-reactive ketones (excluding diaryl/α,β-unsaturated/α-hetero) is 1. The monoisotopic (exact) mass is 483 g/mol. The fraction of sp³-hybridized carbons (Fsp3) is 0.0714. The lowest BCUT2D eigenvalue weighted by Gasteiger charge is -2.26. The van der Waals surface area contributed by atoms with Gasteiger partial charge in [-0.1, -0.05) is 60.1 Å². The van der Waals surface area contributed by atoms with Crippen LogP contribution in [0.2, 0.25) is 5.02 Å². The van der Waals surface area contributed by atoms with E-state index in [-0.39, 0.29) is 18.1 Å². The maximum atomic E-state index is 13.4. The van der Waals surface area contributed by atoms with Gasteiger partial charge in [-0.05, 0) is 52.7 Å². The number of aliphatic hydroxyl groups excluding tert-OH is 1. The SMILES string of the molecule is O=C1C(=O)N(c2cccc(Cl)c2)C(c2cccc3ccccc23)/C1=C(/O)c1ccc2c(c1)OCO2. The van der Waals surface area contributed by atoms with Crippen molar-refractivity contribution in [2.24, 2.45) is 0 Å². The standard InChI is InChI=1S/C28H18ClNO5/c29-18-7-4-8-19(14-18)30-25(21-10-3-6-16-5-1-2-9-20(16)21)24(27(32)28(30)33)26(31)17-11-12-22-23(13-17)35-15-34-22/h1-14,25,31H,15H2/b26-24-. The second-order valence-corrected chi connectivity index (χ2v) is 8.72. The summed E-state index contributed by atoms with van der Waals surface area (Å²) < 4.78 is 10.8. The van der Waals surface area contributed by atoms with E-state index in [0.717, 1.165) is 10.8 Å². The van der Waals surface area contributed by atoms with Gasteiger partial charge in [-0.3, -0.25) is 14.5 Å². The molecule has 2 aliphatic heterocycles. The molecule has 1 N–H and O–H groups in total. The molecule has 6 nitrogen and oxygen atoms in total. The number of carbonyl (C=O) groups is 2. The first-order chi connectivity index (χ1) is 17.0. The van der Waals surface area contributed by atoms with Crippen LogP contribution in [0.25, 0.3) is 16.5 Å². The minimum Gasteiger partial charge on any atom is -0.507 e. The number of halogens is 1. The molecule has 0 bridgehead atoms. The average Bonchev–Trinajstić information content (AvgIpc) is 3.45. The quantitative estimate of drug-likeness (QED) is 0.225. The third-order valence-electron chi connectivity index (χ3n) is 6.29. The number of anilines is 1. The molecule has 7 heteroatoms. The summed E-state index contributed by atoms with van der Waals surface area (Å²) in [4.78, 5) is 28.3. The van der Waals surface area contributed by atoms with Crippen molar-refractivity contribution in [3.05, 3.63) is 107 Å². The summed E-state index contributed by atoms with van der Waals surface area (Å²) in [5, 5.41) is 13.7. The lowest BCUT2D eigenvalue weighted by atomic mass is 9.91. The van der Waals surface area contributed by atoms with Gasteiger partial charge in [0.2, 0.25) is 6.79 Å². The molecule has 0 aromatic heterocycles. The van der Waals surface area contributed by atoms with Crippen LogP contribution in [0.1, 0.15) is 17.2 Å². The van der Waals surface area contributed by atoms with Crippen LogP contribution < -0.4 is 14.4 Å². The Balaban J connectivity index is 1.62. The summed E-state index contributed by atoms with van der Waals surface area (Å²) in [5.41, 5.74) is 1.51. The Labute approximate surface area is 205 Å². The third-order valence-corrected chi connectivity index (χ3v) is 6.53. The molecule has 1 amide bonds. The van der Waals surface area contributed by atoms with Crippen molar-refractivity contribution in [3.8, 4) is 11.5 Å². The minimum atomic E-state index is -0.870. The van der Waals surface area contributed by atoms with Gasteiger partial charge in [-0.25, -0.2) is 0 Å². The third kappa shape index (κ3) is 3.42. The zero-order valence-corrected chi connectivity index (χ0v) is 19.0. The lowest BCUT2D eigenvalue weighted by Crippen LogP contribution is -2.29. The van der Waals surface area contributed by atoms with Crippen molar-refractivity contribution >= 4 is 45.5 Å². The van der Waals surface area contributed by atoms with Gasteiger partial charge in [0.1, 0.15) is 5.76 Å². The summed E-state index contributed by atoms with van der Waals surface area (Å²) in [5.74, 6) is -0.805. The predicted octanol–water partition coefficient (Wildman–Crippen LogP) is 5.85. The molecule has 172 valence electrons. The van der Waals surface area contributed by atoms with Gasteiger partial charge in [-0.2, -0.15) is 0 Å². The highest BCUT2D eigenvalue weighted by atomic mass is 35.5. The van der Waals surface area contributed by atoms with Crippen LogP contribution in [0.5, 0.6) is 11.5 Å². The van der Waals surface area contributed by atoms with E-state index in [1.807, 2.05) is 42.5 Å². The number of hydrogen-bond donors (Lipinski definition) is 1. The maximum absolute atomic E-state index is 13.4. The number of aliphatic hydroxyl groups is 1. The Kier molecular flexibility index (Phi) is 4.97. The number of ketones is 1. The van der Waals surface area contributed by atoms with Crippen LogP contribution in [0.4, 0.5) is 5.69 Å². The van der Waals surface area contributed by atoms with Crippen molar-refractivity contribution in [3.63, 3.8) is 0 Å². The largest absolute Gasteiger partial charge is 0.507 e. The molecule has 4 aromatic carbocycles. The van der Waals surface area contributed by atoms with Gasteiger partial charge in [0.05, 0.1) is 11.6 Å². The van der Waals surface area contributed by atoms with E-state index < -0.39 is 17.7 Å². The molecule has 0 saturated carbocycles. The van der Waals surface area contributed by atoms with E-state index in [1.165, 1.54) is 4.90 Å². The summed E-state index contributed by atoms with van der Waals surface area (Å²) in [6.45, 7) is 0.0781. The number of carbonyl (C=O) groups excluding carboxylic acids is 2. The molecule has 35 heavy (non-hydrogen) atoms. The smallest absolute Gasteiger partial charge is 0.300 e. The molecular weight excluding hydrogens is 466 g/mol. The fourth-order valence-electron chi connectivity index (χ4n) is 4.71. The van der Waals surface area contributed by atoms with E-state index >= 15 is 0 Å². The first-order valence-corrected chi connectivity index (χ1v) is 11.3.